The Kier molecular flexibility index (Phi) is 5.95. The Morgan fingerprint density at radius 3 is 2.15 bits per heavy atom. The van der Waals surface area contributed by atoms with Crippen LogP contribution in [0.1, 0.15) is 27.3 Å². The first kappa shape index (κ1) is 22.5. The van der Waals surface area contributed by atoms with Gasteiger partial charge in [-0.05, 0) is 68.5 Å². The summed E-state index contributed by atoms with van der Waals surface area (Å²) in [4.78, 5) is 19.4. The summed E-state index contributed by atoms with van der Waals surface area (Å²) in [5.74, 6) is -0.278. The lowest BCUT2D eigenvalue weighted by Gasteiger charge is -2.09. The number of carbonyl (C=O) groups excluding carboxylic acids is 1. The molecule has 0 aliphatic heterocycles. The number of aromatic nitrogens is 2. The molecule has 2 aromatic heterocycles. The maximum Gasteiger partial charge on any atom is 0.416 e. The van der Waals surface area contributed by atoms with E-state index < -0.39 is 11.7 Å². The standard InChI is InChI=1S/C25H23F3N4O/c1-16-22(15-31(2)3)30-23-13-12-21(14-32(16)23)29-24(33)19-6-4-17(5-7-19)18-8-10-20(11-9-18)25(26,27)28/h4-14H,15H2,1-3H3,(H,29,33). The molecule has 0 bridgehead atoms. The van der Waals surface area contributed by atoms with Crippen molar-refractivity contribution in [3.05, 3.63) is 89.4 Å². The molecule has 170 valence electrons. The number of nitrogens with zero attached hydrogens (tertiary/aromatic N) is 3. The number of pyridine rings is 1. The third-order valence-electron chi connectivity index (χ3n) is 5.37. The fourth-order valence-corrected chi connectivity index (χ4v) is 3.60. The summed E-state index contributed by atoms with van der Waals surface area (Å²) in [5.41, 5.74) is 4.55. The Bertz CT molecular complexity index is 1290. The number of nitrogens with one attached hydrogen (secondary N) is 1. The average molecular weight is 452 g/mol. The highest BCUT2D eigenvalue weighted by Crippen LogP contribution is 2.31. The van der Waals surface area contributed by atoms with Crippen LogP contribution in [0.25, 0.3) is 16.8 Å². The number of hydrogen-bond donors (Lipinski definition) is 1. The number of hydrogen-bond acceptors (Lipinski definition) is 3. The summed E-state index contributed by atoms with van der Waals surface area (Å²) in [6.07, 6.45) is -2.53. The van der Waals surface area contributed by atoms with Crippen molar-refractivity contribution < 1.29 is 18.0 Å². The number of fused-ring (bicyclic) bond motifs is 1. The molecule has 0 radical (unpaired) electrons. The maximum atomic E-state index is 12.8. The van der Waals surface area contributed by atoms with Crippen LogP contribution in [0.15, 0.2) is 66.9 Å². The van der Waals surface area contributed by atoms with Gasteiger partial charge >= 0.3 is 6.18 Å². The van der Waals surface area contributed by atoms with E-state index in [1.54, 1.807) is 30.3 Å². The zero-order valence-corrected chi connectivity index (χ0v) is 18.4. The van der Waals surface area contributed by atoms with E-state index in [9.17, 15) is 18.0 Å². The highest BCUT2D eigenvalue weighted by molar-refractivity contribution is 6.04. The van der Waals surface area contributed by atoms with Crippen LogP contribution in [0.3, 0.4) is 0 Å². The van der Waals surface area contributed by atoms with Gasteiger partial charge in [-0.1, -0.05) is 24.3 Å². The average Bonchev–Trinajstić information content (AvgIpc) is 3.07. The van der Waals surface area contributed by atoms with Crippen molar-refractivity contribution >= 4 is 17.2 Å². The second-order valence-electron chi connectivity index (χ2n) is 8.13. The van der Waals surface area contributed by atoms with E-state index in [-0.39, 0.29) is 5.91 Å². The molecule has 4 aromatic rings. The second kappa shape index (κ2) is 8.71. The van der Waals surface area contributed by atoms with Crippen molar-refractivity contribution in [3.63, 3.8) is 0 Å². The lowest BCUT2D eigenvalue weighted by Crippen LogP contribution is -2.12. The van der Waals surface area contributed by atoms with Crippen LogP contribution in [0.5, 0.6) is 0 Å². The first-order valence-corrected chi connectivity index (χ1v) is 10.3. The third kappa shape index (κ3) is 4.90. The van der Waals surface area contributed by atoms with Gasteiger partial charge in [-0.25, -0.2) is 4.98 Å². The molecule has 4 rings (SSSR count). The number of amides is 1. The van der Waals surface area contributed by atoms with Gasteiger partial charge in [-0.15, -0.1) is 0 Å². The molecule has 0 aliphatic rings. The third-order valence-corrected chi connectivity index (χ3v) is 5.37. The first-order chi connectivity index (χ1) is 15.6. The number of aryl methyl sites for hydroxylation is 1. The predicted molar refractivity (Wildman–Crippen MR) is 122 cm³/mol. The number of rotatable bonds is 5. The number of alkyl halides is 3. The van der Waals surface area contributed by atoms with Gasteiger partial charge in [0.1, 0.15) is 5.65 Å². The lowest BCUT2D eigenvalue weighted by molar-refractivity contribution is -0.137. The van der Waals surface area contributed by atoms with E-state index >= 15 is 0 Å². The molecule has 0 saturated carbocycles. The number of benzene rings is 2. The van der Waals surface area contributed by atoms with Gasteiger partial charge in [-0.3, -0.25) is 4.79 Å². The first-order valence-electron chi connectivity index (χ1n) is 10.3. The van der Waals surface area contributed by atoms with Crippen LogP contribution in [-0.2, 0) is 12.7 Å². The van der Waals surface area contributed by atoms with Gasteiger partial charge < -0.3 is 14.6 Å². The Morgan fingerprint density at radius 1 is 0.970 bits per heavy atom. The number of carbonyl (C=O) groups is 1. The minimum absolute atomic E-state index is 0.278. The molecule has 0 saturated heterocycles. The highest BCUT2D eigenvalue weighted by Gasteiger charge is 2.29. The zero-order chi connectivity index (χ0) is 23.8. The van der Waals surface area contributed by atoms with E-state index in [4.69, 9.17) is 0 Å². The lowest BCUT2D eigenvalue weighted by atomic mass is 10.0. The Hall–Kier alpha value is -3.65. The highest BCUT2D eigenvalue weighted by atomic mass is 19.4. The minimum Gasteiger partial charge on any atom is -0.321 e. The fourth-order valence-electron chi connectivity index (χ4n) is 3.60. The van der Waals surface area contributed by atoms with Crippen LogP contribution in [0, 0.1) is 6.92 Å². The van der Waals surface area contributed by atoms with Gasteiger partial charge in [-0.2, -0.15) is 13.2 Å². The fraction of sp³-hybridized carbons (Fsp3) is 0.200. The van der Waals surface area contributed by atoms with Crippen molar-refractivity contribution in [3.8, 4) is 11.1 Å². The van der Waals surface area contributed by atoms with Crippen molar-refractivity contribution in [1.29, 1.82) is 0 Å². The van der Waals surface area contributed by atoms with Crippen LogP contribution < -0.4 is 5.32 Å². The molecule has 2 heterocycles. The van der Waals surface area contributed by atoms with Crippen molar-refractivity contribution in [2.75, 3.05) is 19.4 Å². The van der Waals surface area contributed by atoms with Crippen molar-refractivity contribution in [2.45, 2.75) is 19.6 Å². The molecule has 0 spiro atoms. The quantitative estimate of drug-likeness (QED) is 0.426. The van der Waals surface area contributed by atoms with Gasteiger partial charge in [0.15, 0.2) is 0 Å². The molecule has 0 fully saturated rings. The summed E-state index contributed by atoms with van der Waals surface area (Å²) in [7, 11) is 3.97. The maximum absolute atomic E-state index is 12.8. The Labute approximate surface area is 189 Å². The van der Waals surface area contributed by atoms with Gasteiger partial charge in [0.05, 0.1) is 16.9 Å². The molecule has 0 atom stereocenters. The Morgan fingerprint density at radius 2 is 1.58 bits per heavy atom. The number of anilines is 1. The monoisotopic (exact) mass is 452 g/mol. The second-order valence-corrected chi connectivity index (χ2v) is 8.13. The van der Waals surface area contributed by atoms with E-state index in [1.165, 1.54) is 12.1 Å². The molecule has 2 aromatic carbocycles. The number of imidazole rings is 1. The molecule has 33 heavy (non-hydrogen) atoms. The number of halogens is 3. The Balaban J connectivity index is 1.49. The summed E-state index contributed by atoms with van der Waals surface area (Å²) >= 11 is 0. The van der Waals surface area contributed by atoms with E-state index in [1.807, 2.05) is 42.6 Å². The summed E-state index contributed by atoms with van der Waals surface area (Å²) < 4.78 is 40.2. The van der Waals surface area contributed by atoms with Crippen LogP contribution in [0.4, 0.5) is 18.9 Å². The van der Waals surface area contributed by atoms with Gasteiger partial charge in [0, 0.05) is 24.0 Å². The molecule has 1 N–H and O–H groups in total. The zero-order valence-electron chi connectivity index (χ0n) is 18.4. The van der Waals surface area contributed by atoms with Crippen molar-refractivity contribution in [2.24, 2.45) is 0 Å². The summed E-state index contributed by atoms with van der Waals surface area (Å²) in [6.45, 7) is 2.71. The molecule has 0 aliphatic carbocycles. The van der Waals surface area contributed by atoms with E-state index in [0.29, 0.717) is 16.8 Å². The normalized spacial score (nSPS) is 11.8. The van der Waals surface area contributed by atoms with Gasteiger partial charge in [0.25, 0.3) is 5.91 Å². The smallest absolute Gasteiger partial charge is 0.321 e. The largest absolute Gasteiger partial charge is 0.416 e. The van der Waals surface area contributed by atoms with Gasteiger partial charge in [0.2, 0.25) is 0 Å². The minimum atomic E-state index is -4.37. The molecule has 8 heteroatoms. The predicted octanol–water partition coefficient (Wildman–Crippen LogP) is 5.64. The molecular formula is C25H23F3N4O. The summed E-state index contributed by atoms with van der Waals surface area (Å²) in [5, 5.41) is 2.89. The molecule has 1 amide bonds. The molecular weight excluding hydrogens is 429 g/mol. The van der Waals surface area contributed by atoms with Crippen molar-refractivity contribution in [1.82, 2.24) is 14.3 Å². The van der Waals surface area contributed by atoms with E-state index in [0.717, 1.165) is 41.3 Å². The van der Waals surface area contributed by atoms with E-state index in [2.05, 4.69) is 10.3 Å². The van der Waals surface area contributed by atoms with Crippen LogP contribution in [0.2, 0.25) is 0 Å². The molecule has 0 unspecified atom stereocenters. The summed E-state index contributed by atoms with van der Waals surface area (Å²) in [6, 6.07) is 15.3. The SMILES string of the molecule is Cc1c(CN(C)C)nc2ccc(NC(=O)c3ccc(-c4ccc(C(F)(F)F)cc4)cc3)cn12. The molecule has 5 nitrogen and oxygen atoms in total. The van der Waals surface area contributed by atoms with Crippen LogP contribution in [-0.4, -0.2) is 34.3 Å². The topological polar surface area (TPSA) is 49.6 Å². The van der Waals surface area contributed by atoms with Crippen LogP contribution >= 0.6 is 0 Å².